The Morgan fingerprint density at radius 1 is 0.613 bits per heavy atom. The molecule has 2 aliphatic heterocycles. The van der Waals surface area contributed by atoms with Crippen molar-refractivity contribution < 1.29 is 28.7 Å². The topological polar surface area (TPSA) is 175 Å². The number of benzene rings is 3. The average molecular weight is 841 g/mol. The molecule has 62 heavy (non-hydrogen) atoms. The van der Waals surface area contributed by atoms with Crippen molar-refractivity contribution in [3.8, 4) is 33.6 Å². The molecule has 5 aromatic rings. The molecule has 4 heterocycles. The fraction of sp³-hybridized carbons (Fsp3) is 0.458. The fourth-order valence-corrected chi connectivity index (χ4v) is 9.64. The van der Waals surface area contributed by atoms with Gasteiger partial charge < -0.3 is 39.9 Å². The summed E-state index contributed by atoms with van der Waals surface area (Å²) in [6.45, 7) is 9.02. The number of amides is 4. The summed E-state index contributed by atoms with van der Waals surface area (Å²) < 4.78 is 9.65. The summed E-state index contributed by atoms with van der Waals surface area (Å²) in [7, 11) is 2.61. The minimum Gasteiger partial charge on any atom is -0.453 e. The number of hydrogen-bond acceptors (Lipinski definition) is 8. The van der Waals surface area contributed by atoms with Crippen LogP contribution in [-0.4, -0.2) is 93.1 Å². The molecule has 4 unspecified atom stereocenters. The van der Waals surface area contributed by atoms with Gasteiger partial charge in [0.05, 0.1) is 50.1 Å². The van der Waals surface area contributed by atoms with Gasteiger partial charge >= 0.3 is 12.2 Å². The van der Waals surface area contributed by atoms with E-state index >= 15 is 0 Å². The molecule has 324 valence electrons. The Kier molecular flexibility index (Phi) is 10.6. The summed E-state index contributed by atoms with van der Waals surface area (Å²) in [5.41, 5.74) is 6.20. The van der Waals surface area contributed by atoms with E-state index < -0.39 is 24.3 Å². The third-order valence-electron chi connectivity index (χ3n) is 13.8. The van der Waals surface area contributed by atoms with Crippen LogP contribution in [0, 0.1) is 22.7 Å². The second-order valence-electron chi connectivity index (χ2n) is 18.8. The number of rotatable bonds is 11. The number of aromatic nitrogens is 4. The van der Waals surface area contributed by atoms with Gasteiger partial charge in [0.2, 0.25) is 11.8 Å². The molecule has 4 atom stereocenters. The van der Waals surface area contributed by atoms with Gasteiger partial charge in [-0.05, 0) is 101 Å². The molecule has 9 rings (SSSR count). The second-order valence-corrected chi connectivity index (χ2v) is 18.8. The number of fused-ring (bicyclic) bond motifs is 1. The van der Waals surface area contributed by atoms with Gasteiger partial charge in [-0.3, -0.25) is 9.59 Å². The van der Waals surface area contributed by atoms with E-state index in [-0.39, 0.29) is 46.6 Å². The molecule has 4 amide bonds. The second kappa shape index (κ2) is 15.9. The van der Waals surface area contributed by atoms with Gasteiger partial charge in [-0.25, -0.2) is 19.6 Å². The van der Waals surface area contributed by atoms with Crippen molar-refractivity contribution in [2.45, 2.75) is 90.4 Å². The van der Waals surface area contributed by atoms with Crippen molar-refractivity contribution in [2.24, 2.45) is 22.7 Å². The minimum atomic E-state index is -0.687. The summed E-state index contributed by atoms with van der Waals surface area (Å²) in [5, 5.41) is 7.71. The first-order chi connectivity index (χ1) is 29.8. The molecule has 2 aliphatic carbocycles. The monoisotopic (exact) mass is 840 g/mol. The maximum absolute atomic E-state index is 13.9. The highest BCUT2D eigenvalue weighted by atomic mass is 16.5. The van der Waals surface area contributed by atoms with Crippen molar-refractivity contribution in [2.75, 3.05) is 27.3 Å². The predicted molar refractivity (Wildman–Crippen MR) is 234 cm³/mol. The molecular formula is C48H56N8O6. The SMILES string of the molecule is COC(=O)NC(C(=O)N1CC2(CC2)CC1c1ncc(-c2ccc(-c3ccc4cc(-c5cnc(C6CC7(CC7)CN6C(=O)C(NC(=O)OC)C(C)C)[nH]5)ccc4c3)cc2)[nH]1)C(C)C. The maximum atomic E-state index is 13.9. The lowest BCUT2D eigenvalue weighted by Crippen LogP contribution is -2.51. The number of H-pyrrole nitrogens is 2. The van der Waals surface area contributed by atoms with Gasteiger partial charge in [0, 0.05) is 18.7 Å². The van der Waals surface area contributed by atoms with E-state index in [9.17, 15) is 19.2 Å². The Bertz CT molecular complexity index is 2520. The molecule has 3 aromatic carbocycles. The van der Waals surface area contributed by atoms with Crippen LogP contribution in [0.1, 0.15) is 90.0 Å². The van der Waals surface area contributed by atoms with Gasteiger partial charge in [0.1, 0.15) is 23.7 Å². The van der Waals surface area contributed by atoms with E-state index in [1.54, 1.807) is 0 Å². The normalized spacial score (nSPS) is 20.5. The summed E-state index contributed by atoms with van der Waals surface area (Å²) in [6, 6.07) is 19.5. The van der Waals surface area contributed by atoms with Crippen molar-refractivity contribution in [3.05, 3.63) is 84.7 Å². The zero-order valence-corrected chi connectivity index (χ0v) is 36.3. The lowest BCUT2D eigenvalue weighted by Gasteiger charge is -2.30. The standard InChI is InChI=1S/C48H56N8O6/c1-27(2)39(53-45(59)61-5)43(57)55-25-47(15-16-47)21-37(55)41-49-23-35(51-41)30-9-7-29(8-10-30)31-11-12-33-20-34(14-13-32(33)19-31)36-24-50-42(52-36)38-22-48(17-18-48)26-56(38)44(58)40(28(3)4)54-46(60)62-6/h7-14,19-20,23-24,27-28,37-40H,15-18,21-22,25-26H2,1-6H3,(H,49,51)(H,50,52)(H,53,59)(H,54,60). The highest BCUT2D eigenvalue weighted by Gasteiger charge is 2.56. The number of ether oxygens (including phenoxy) is 2. The van der Waals surface area contributed by atoms with Crippen LogP contribution in [0.5, 0.6) is 0 Å². The number of likely N-dealkylation sites (tertiary alicyclic amines) is 2. The fourth-order valence-electron chi connectivity index (χ4n) is 9.64. The summed E-state index contributed by atoms with van der Waals surface area (Å²) >= 11 is 0. The van der Waals surface area contributed by atoms with Gasteiger partial charge in [-0.2, -0.15) is 0 Å². The third-order valence-corrected chi connectivity index (χ3v) is 13.8. The zero-order valence-electron chi connectivity index (χ0n) is 36.3. The van der Waals surface area contributed by atoms with Crippen molar-refractivity contribution in [1.29, 1.82) is 0 Å². The van der Waals surface area contributed by atoms with E-state index in [2.05, 4.69) is 81.3 Å². The first kappa shape index (κ1) is 41.2. The van der Waals surface area contributed by atoms with Gasteiger partial charge in [0.25, 0.3) is 0 Å². The van der Waals surface area contributed by atoms with Crippen LogP contribution in [0.3, 0.4) is 0 Å². The molecule has 4 aliphatic rings. The molecule has 0 radical (unpaired) electrons. The molecule has 14 nitrogen and oxygen atoms in total. The number of carbonyl (C=O) groups is 4. The molecule has 2 aromatic heterocycles. The number of aromatic amines is 2. The smallest absolute Gasteiger partial charge is 0.407 e. The van der Waals surface area contributed by atoms with E-state index in [1.807, 2.05) is 49.9 Å². The molecule has 4 fully saturated rings. The summed E-state index contributed by atoms with van der Waals surface area (Å²) in [6.07, 6.45) is 8.51. The Hall–Kier alpha value is -6.18. The highest BCUT2D eigenvalue weighted by molar-refractivity contribution is 5.91. The average Bonchev–Trinajstić information content (AvgIpc) is 3.85. The Morgan fingerprint density at radius 2 is 1.02 bits per heavy atom. The quantitative estimate of drug-likeness (QED) is 0.103. The van der Waals surface area contributed by atoms with Crippen LogP contribution in [0.15, 0.2) is 73.1 Å². The van der Waals surface area contributed by atoms with Crippen LogP contribution in [0.4, 0.5) is 9.59 Å². The molecule has 4 N–H and O–H groups in total. The summed E-state index contributed by atoms with van der Waals surface area (Å²) in [4.78, 5) is 72.5. The van der Waals surface area contributed by atoms with Crippen LogP contribution >= 0.6 is 0 Å². The molecule has 2 saturated carbocycles. The summed E-state index contributed by atoms with van der Waals surface area (Å²) in [5.74, 6) is 1.09. The number of carbonyl (C=O) groups excluding carboxylic acids is 4. The third kappa shape index (κ3) is 7.91. The number of nitrogens with one attached hydrogen (secondary N) is 4. The van der Waals surface area contributed by atoms with E-state index in [0.717, 1.165) is 94.6 Å². The van der Waals surface area contributed by atoms with Crippen molar-refractivity contribution in [1.82, 2.24) is 40.4 Å². The molecule has 2 spiro atoms. The number of methoxy groups -OCH3 is 2. The number of imidazole rings is 2. The zero-order chi connectivity index (χ0) is 43.5. The van der Waals surface area contributed by atoms with Crippen LogP contribution in [-0.2, 0) is 19.1 Å². The first-order valence-corrected chi connectivity index (χ1v) is 21.8. The maximum Gasteiger partial charge on any atom is 0.407 e. The van der Waals surface area contributed by atoms with Crippen LogP contribution in [0.2, 0.25) is 0 Å². The van der Waals surface area contributed by atoms with Gasteiger partial charge in [-0.1, -0.05) is 76.2 Å². The van der Waals surface area contributed by atoms with E-state index in [1.165, 1.54) is 14.2 Å². The Balaban J connectivity index is 0.890. The number of alkyl carbamates (subject to hydrolysis) is 2. The van der Waals surface area contributed by atoms with Crippen molar-refractivity contribution >= 4 is 34.8 Å². The van der Waals surface area contributed by atoms with Crippen LogP contribution in [0.25, 0.3) is 44.4 Å². The predicted octanol–water partition coefficient (Wildman–Crippen LogP) is 8.16. The number of nitrogens with zero attached hydrogens (tertiary/aromatic N) is 4. The molecule has 0 bridgehead atoms. The Morgan fingerprint density at radius 3 is 1.45 bits per heavy atom. The van der Waals surface area contributed by atoms with Crippen molar-refractivity contribution in [3.63, 3.8) is 0 Å². The molecular weight excluding hydrogens is 785 g/mol. The molecule has 2 saturated heterocycles. The minimum absolute atomic E-state index is 0.104. The number of hydrogen-bond donors (Lipinski definition) is 4. The van der Waals surface area contributed by atoms with E-state index in [0.29, 0.717) is 13.1 Å². The van der Waals surface area contributed by atoms with Gasteiger partial charge in [-0.15, -0.1) is 0 Å². The highest BCUT2D eigenvalue weighted by Crippen LogP contribution is 2.59. The van der Waals surface area contributed by atoms with Crippen LogP contribution < -0.4 is 10.6 Å². The lowest BCUT2D eigenvalue weighted by atomic mass is 9.98. The van der Waals surface area contributed by atoms with Gasteiger partial charge in [0.15, 0.2) is 0 Å². The Labute approximate surface area is 361 Å². The first-order valence-electron chi connectivity index (χ1n) is 21.8. The lowest BCUT2D eigenvalue weighted by molar-refractivity contribution is -0.136. The molecule has 14 heteroatoms. The van der Waals surface area contributed by atoms with E-state index in [4.69, 9.17) is 19.4 Å². The largest absolute Gasteiger partial charge is 0.453 e.